The number of pyridine rings is 1. The van der Waals surface area contributed by atoms with Gasteiger partial charge in [0.05, 0.1) is 16.7 Å². The fraction of sp³-hybridized carbons (Fsp3) is 0.143. The van der Waals surface area contributed by atoms with Gasteiger partial charge >= 0.3 is 0 Å². The second-order valence-electron chi connectivity index (χ2n) is 9.52. The number of hydrogen-bond donors (Lipinski definition) is 0. The molecular formula is C28H24N3OP. The van der Waals surface area contributed by atoms with E-state index in [4.69, 9.17) is 4.98 Å². The molecule has 1 unspecified atom stereocenters. The van der Waals surface area contributed by atoms with Gasteiger partial charge in [0.25, 0.3) is 0 Å². The fourth-order valence-corrected chi connectivity index (χ4v) is 7.88. The highest BCUT2D eigenvalue weighted by Crippen LogP contribution is 2.50. The van der Waals surface area contributed by atoms with Gasteiger partial charge in [-0.15, -0.1) is 0 Å². The Kier molecular flexibility index (Phi) is 4.27. The molecule has 5 aromatic rings. The summed E-state index contributed by atoms with van der Waals surface area (Å²) in [6.07, 6.45) is 3.60. The maximum Gasteiger partial charge on any atom is 0.175 e. The van der Waals surface area contributed by atoms with Crippen molar-refractivity contribution < 1.29 is 4.57 Å². The lowest BCUT2D eigenvalue weighted by molar-refractivity contribution is 0.539. The Morgan fingerprint density at radius 1 is 0.788 bits per heavy atom. The maximum atomic E-state index is 15.1. The summed E-state index contributed by atoms with van der Waals surface area (Å²) < 4.78 is 17.4. The van der Waals surface area contributed by atoms with Crippen LogP contribution in [0.15, 0.2) is 91.3 Å². The molecule has 33 heavy (non-hydrogen) atoms. The third-order valence-electron chi connectivity index (χ3n) is 6.37. The van der Waals surface area contributed by atoms with Crippen LogP contribution in [-0.4, -0.2) is 14.5 Å². The number of benzene rings is 3. The van der Waals surface area contributed by atoms with Crippen molar-refractivity contribution in [3.05, 3.63) is 97.1 Å². The highest BCUT2D eigenvalue weighted by Gasteiger charge is 2.41. The Bertz CT molecular complexity index is 1560. The van der Waals surface area contributed by atoms with Crippen LogP contribution in [0, 0.1) is 0 Å². The summed E-state index contributed by atoms with van der Waals surface area (Å²) in [6, 6.07) is 26.1. The second-order valence-corrected chi connectivity index (χ2v) is 12.2. The molecule has 6 rings (SSSR count). The number of fused-ring (bicyclic) bond motifs is 2. The van der Waals surface area contributed by atoms with E-state index in [2.05, 4.69) is 42.5 Å². The quantitative estimate of drug-likeness (QED) is 0.336. The summed E-state index contributed by atoms with van der Waals surface area (Å²) in [5, 5.41) is 2.56. The van der Waals surface area contributed by atoms with E-state index in [9.17, 15) is 0 Å². The molecule has 5 heteroatoms. The number of rotatable bonds is 2. The molecule has 2 aromatic heterocycles. The lowest BCUT2D eigenvalue weighted by Crippen LogP contribution is -2.34. The molecule has 3 heterocycles. The van der Waals surface area contributed by atoms with Gasteiger partial charge in [-0.3, -0.25) is 9.55 Å². The van der Waals surface area contributed by atoms with Crippen LogP contribution in [0.4, 0.5) is 0 Å². The van der Waals surface area contributed by atoms with Gasteiger partial charge in [-0.1, -0.05) is 69.3 Å². The zero-order valence-corrected chi connectivity index (χ0v) is 19.8. The van der Waals surface area contributed by atoms with Crippen LogP contribution < -0.4 is 15.9 Å². The van der Waals surface area contributed by atoms with Gasteiger partial charge in [0, 0.05) is 39.3 Å². The van der Waals surface area contributed by atoms with Gasteiger partial charge in [-0.2, -0.15) is 0 Å². The number of para-hydroxylation sites is 1. The molecule has 1 aliphatic rings. The van der Waals surface area contributed by atoms with Gasteiger partial charge in [0.15, 0.2) is 7.14 Å². The van der Waals surface area contributed by atoms with Crippen molar-refractivity contribution in [2.24, 2.45) is 0 Å². The van der Waals surface area contributed by atoms with Crippen LogP contribution in [-0.2, 0) is 9.98 Å². The maximum absolute atomic E-state index is 15.1. The zero-order chi connectivity index (χ0) is 22.8. The van der Waals surface area contributed by atoms with Crippen molar-refractivity contribution in [3.8, 4) is 16.8 Å². The van der Waals surface area contributed by atoms with E-state index in [0.717, 1.165) is 49.6 Å². The average Bonchev–Trinajstić information content (AvgIpc) is 3.25. The van der Waals surface area contributed by atoms with Crippen molar-refractivity contribution >= 4 is 34.1 Å². The highest BCUT2D eigenvalue weighted by atomic mass is 31.2. The summed E-state index contributed by atoms with van der Waals surface area (Å²) in [7, 11) is -3.09. The number of imidazole rings is 1. The van der Waals surface area contributed by atoms with Crippen molar-refractivity contribution in [2.45, 2.75) is 26.2 Å². The molecule has 0 saturated carbocycles. The molecule has 0 spiro atoms. The van der Waals surface area contributed by atoms with Crippen molar-refractivity contribution in [1.82, 2.24) is 14.5 Å². The first-order valence-electron chi connectivity index (χ1n) is 11.1. The molecule has 0 radical (unpaired) electrons. The standard InChI is InChI=1S/C28H24N3OP/c1-28(2,3)27-30-25-21(19-15-17-29-18-16-19)13-14-24-26(25)31(27)22-11-7-8-12-23(22)33(24,32)20-9-5-4-6-10-20/h4-18H,1-3H3. The Morgan fingerprint density at radius 3 is 2.21 bits per heavy atom. The number of aromatic nitrogens is 3. The molecular weight excluding hydrogens is 425 g/mol. The fourth-order valence-electron chi connectivity index (χ4n) is 4.89. The largest absolute Gasteiger partial charge is 0.308 e. The normalized spacial score (nSPS) is 17.2. The predicted octanol–water partition coefficient (Wildman–Crippen LogP) is 5.34. The van der Waals surface area contributed by atoms with E-state index in [0.29, 0.717) is 0 Å². The second kappa shape index (κ2) is 7.00. The van der Waals surface area contributed by atoms with E-state index in [1.165, 1.54) is 0 Å². The van der Waals surface area contributed by atoms with E-state index < -0.39 is 7.14 Å². The van der Waals surface area contributed by atoms with Gasteiger partial charge in [0.1, 0.15) is 5.82 Å². The lowest BCUT2D eigenvalue weighted by atomic mass is 9.95. The van der Waals surface area contributed by atoms with Gasteiger partial charge < -0.3 is 4.57 Å². The Morgan fingerprint density at radius 2 is 1.48 bits per heavy atom. The Hall–Kier alpha value is -3.49. The summed E-state index contributed by atoms with van der Waals surface area (Å²) in [6.45, 7) is 6.53. The number of nitrogens with zero attached hydrogens (tertiary/aromatic N) is 3. The molecule has 0 aliphatic carbocycles. The first kappa shape index (κ1) is 20.1. The summed E-state index contributed by atoms with van der Waals surface area (Å²) in [5.41, 5.74) is 4.66. The molecule has 162 valence electrons. The molecule has 1 aliphatic heterocycles. The van der Waals surface area contributed by atoms with Gasteiger partial charge in [0.2, 0.25) is 0 Å². The molecule has 4 nitrogen and oxygen atoms in total. The monoisotopic (exact) mass is 449 g/mol. The van der Waals surface area contributed by atoms with Crippen molar-refractivity contribution in [1.29, 1.82) is 0 Å². The minimum Gasteiger partial charge on any atom is -0.308 e. The minimum absolute atomic E-state index is 0.201. The van der Waals surface area contributed by atoms with Gasteiger partial charge in [-0.05, 0) is 35.9 Å². The molecule has 0 N–H and O–H groups in total. The van der Waals surface area contributed by atoms with Crippen LogP contribution >= 0.6 is 7.14 Å². The molecule has 0 fully saturated rings. The third kappa shape index (κ3) is 2.81. The van der Waals surface area contributed by atoms with Gasteiger partial charge in [-0.25, -0.2) is 4.98 Å². The highest BCUT2D eigenvalue weighted by molar-refractivity contribution is 7.86. The lowest BCUT2D eigenvalue weighted by Gasteiger charge is -2.31. The molecule has 0 saturated heterocycles. The zero-order valence-electron chi connectivity index (χ0n) is 18.9. The van der Waals surface area contributed by atoms with Crippen molar-refractivity contribution in [3.63, 3.8) is 0 Å². The summed E-state index contributed by atoms with van der Waals surface area (Å²) in [4.78, 5) is 9.39. The average molecular weight is 449 g/mol. The molecule has 0 bridgehead atoms. The summed E-state index contributed by atoms with van der Waals surface area (Å²) >= 11 is 0. The van der Waals surface area contributed by atoms with E-state index in [1.54, 1.807) is 12.4 Å². The number of hydrogen-bond acceptors (Lipinski definition) is 3. The molecule has 1 atom stereocenters. The SMILES string of the molecule is CC(C)(C)c1nc2c(-c3ccncc3)ccc3c2n1-c1ccccc1P3(=O)c1ccccc1. The molecule has 3 aromatic carbocycles. The van der Waals surface area contributed by atoms with Crippen molar-refractivity contribution in [2.75, 3.05) is 0 Å². The first-order chi connectivity index (χ1) is 15.9. The first-order valence-corrected chi connectivity index (χ1v) is 12.8. The van der Waals surface area contributed by atoms with Crippen LogP contribution in [0.1, 0.15) is 26.6 Å². The van der Waals surface area contributed by atoms with Crippen LogP contribution in [0.5, 0.6) is 0 Å². The van der Waals surface area contributed by atoms with E-state index in [1.807, 2.05) is 66.7 Å². The molecule has 0 amide bonds. The Balaban J connectivity index is 1.83. The third-order valence-corrected chi connectivity index (χ3v) is 9.49. The predicted molar refractivity (Wildman–Crippen MR) is 136 cm³/mol. The topological polar surface area (TPSA) is 47.8 Å². The van der Waals surface area contributed by atoms with Crippen LogP contribution in [0.25, 0.3) is 27.8 Å². The summed E-state index contributed by atoms with van der Waals surface area (Å²) in [5.74, 6) is 0.965. The minimum atomic E-state index is -3.09. The van der Waals surface area contributed by atoms with E-state index in [-0.39, 0.29) is 5.41 Å². The van der Waals surface area contributed by atoms with Crippen LogP contribution in [0.3, 0.4) is 0 Å². The van der Waals surface area contributed by atoms with E-state index >= 15 is 4.57 Å². The smallest absolute Gasteiger partial charge is 0.175 e. The van der Waals surface area contributed by atoms with Crippen LogP contribution in [0.2, 0.25) is 0 Å². The Labute approximate surface area is 193 Å².